The molecule has 0 aliphatic heterocycles. The van der Waals surface area contributed by atoms with Crippen molar-refractivity contribution in [1.29, 1.82) is 0 Å². The normalized spacial score (nSPS) is 13.8. The zero-order valence-corrected chi connectivity index (χ0v) is 15.2. The van der Waals surface area contributed by atoms with E-state index in [-0.39, 0.29) is 23.8 Å². The summed E-state index contributed by atoms with van der Waals surface area (Å²) in [6, 6.07) is 20.4. The quantitative estimate of drug-likeness (QED) is 0.733. The Morgan fingerprint density at radius 1 is 0.833 bits per heavy atom. The van der Waals surface area contributed by atoms with E-state index in [1.54, 1.807) is 0 Å². The summed E-state index contributed by atoms with van der Waals surface area (Å²) >= 11 is 0. The highest BCUT2D eigenvalue weighted by atomic mass is 16.2. The van der Waals surface area contributed by atoms with Gasteiger partial charge >= 0.3 is 0 Å². The van der Waals surface area contributed by atoms with Crippen molar-refractivity contribution in [1.82, 2.24) is 5.32 Å². The van der Waals surface area contributed by atoms with Crippen LogP contribution in [0.1, 0.15) is 57.2 Å². The lowest BCUT2D eigenvalue weighted by atomic mass is 9.87. The largest absolute Gasteiger partial charge is 0.349 e. The second kappa shape index (κ2) is 8.68. The van der Waals surface area contributed by atoms with Crippen molar-refractivity contribution < 1.29 is 4.79 Å². The van der Waals surface area contributed by atoms with Crippen LogP contribution in [-0.4, -0.2) is 5.91 Å². The molecular formula is C22H29NO. The van der Waals surface area contributed by atoms with E-state index in [0.29, 0.717) is 5.92 Å². The van der Waals surface area contributed by atoms with Crippen LogP contribution in [0.4, 0.5) is 0 Å². The summed E-state index contributed by atoms with van der Waals surface area (Å²) in [4.78, 5) is 13.0. The van der Waals surface area contributed by atoms with E-state index in [2.05, 4.69) is 45.1 Å². The summed E-state index contributed by atoms with van der Waals surface area (Å²) in [7, 11) is 0. The van der Waals surface area contributed by atoms with Crippen LogP contribution in [-0.2, 0) is 4.79 Å². The number of carbonyl (C=O) groups excluding carboxylic acids is 1. The van der Waals surface area contributed by atoms with Crippen LogP contribution in [0.3, 0.4) is 0 Å². The van der Waals surface area contributed by atoms with Crippen LogP contribution in [0.5, 0.6) is 0 Å². The molecule has 0 spiro atoms. The zero-order chi connectivity index (χ0) is 17.5. The van der Waals surface area contributed by atoms with E-state index >= 15 is 0 Å². The average molecular weight is 323 g/mol. The van der Waals surface area contributed by atoms with Crippen molar-refractivity contribution in [3.8, 4) is 0 Å². The summed E-state index contributed by atoms with van der Waals surface area (Å²) in [5.74, 6) is 0.767. The average Bonchev–Trinajstić information content (AvgIpc) is 2.55. The number of amides is 1. The molecule has 2 nitrogen and oxygen atoms in total. The van der Waals surface area contributed by atoms with Gasteiger partial charge in [0.1, 0.15) is 0 Å². The maximum atomic E-state index is 13.0. The minimum atomic E-state index is -0.121. The smallest absolute Gasteiger partial charge is 0.228 e. The number of hydrogen-bond acceptors (Lipinski definition) is 1. The molecule has 2 aromatic rings. The lowest BCUT2D eigenvalue weighted by molar-refractivity contribution is -0.124. The molecule has 0 saturated carbocycles. The first kappa shape index (κ1) is 18.3. The molecule has 0 radical (unpaired) electrons. The molecule has 2 heteroatoms. The van der Waals surface area contributed by atoms with Crippen LogP contribution >= 0.6 is 0 Å². The third kappa shape index (κ3) is 4.95. The van der Waals surface area contributed by atoms with Crippen LogP contribution in [0.25, 0.3) is 0 Å². The van der Waals surface area contributed by atoms with Gasteiger partial charge in [-0.3, -0.25) is 4.79 Å². The Labute approximate surface area is 146 Å². The van der Waals surface area contributed by atoms with Crippen LogP contribution < -0.4 is 5.32 Å². The maximum absolute atomic E-state index is 13.0. The first-order valence-corrected chi connectivity index (χ1v) is 8.89. The fraction of sp³-hybridized carbons (Fsp3) is 0.409. The fourth-order valence-electron chi connectivity index (χ4n) is 3.20. The molecule has 1 amide bonds. The van der Waals surface area contributed by atoms with Crippen molar-refractivity contribution >= 4 is 5.91 Å². The lowest BCUT2D eigenvalue weighted by Crippen LogP contribution is -2.35. The van der Waals surface area contributed by atoms with Gasteiger partial charge in [-0.05, 0) is 29.4 Å². The summed E-state index contributed by atoms with van der Waals surface area (Å²) in [6.07, 6.45) is 0.940. The highest BCUT2D eigenvalue weighted by Crippen LogP contribution is 2.27. The molecule has 128 valence electrons. The molecule has 2 atom stereocenters. The first-order chi connectivity index (χ1) is 11.5. The molecule has 24 heavy (non-hydrogen) atoms. The van der Waals surface area contributed by atoms with Crippen molar-refractivity contribution in [2.75, 3.05) is 0 Å². The van der Waals surface area contributed by atoms with E-state index in [9.17, 15) is 4.79 Å². The number of nitrogens with one attached hydrogen (secondary N) is 1. The molecule has 0 bridgehead atoms. The maximum Gasteiger partial charge on any atom is 0.228 e. The fourth-order valence-corrected chi connectivity index (χ4v) is 3.20. The molecule has 0 saturated heterocycles. The molecule has 1 N–H and O–H groups in total. The van der Waals surface area contributed by atoms with Crippen LogP contribution in [0, 0.1) is 11.8 Å². The minimum Gasteiger partial charge on any atom is -0.349 e. The Balaban J connectivity index is 2.22. The molecular weight excluding hydrogens is 294 g/mol. The monoisotopic (exact) mass is 323 g/mol. The Kier molecular flexibility index (Phi) is 6.60. The Hall–Kier alpha value is -2.09. The second-order valence-electron chi connectivity index (χ2n) is 7.23. The van der Waals surface area contributed by atoms with Gasteiger partial charge in [0.05, 0.1) is 12.0 Å². The highest BCUT2D eigenvalue weighted by Gasteiger charge is 2.26. The summed E-state index contributed by atoms with van der Waals surface area (Å²) < 4.78 is 0. The van der Waals surface area contributed by atoms with Gasteiger partial charge in [0.2, 0.25) is 5.91 Å². The number of hydrogen-bond donors (Lipinski definition) is 1. The Morgan fingerprint density at radius 3 is 1.79 bits per heavy atom. The minimum absolute atomic E-state index is 0.0589. The van der Waals surface area contributed by atoms with E-state index < -0.39 is 0 Å². The second-order valence-corrected chi connectivity index (χ2v) is 7.23. The van der Waals surface area contributed by atoms with Gasteiger partial charge in [-0.25, -0.2) is 0 Å². The van der Waals surface area contributed by atoms with Gasteiger partial charge < -0.3 is 5.32 Å². The zero-order valence-electron chi connectivity index (χ0n) is 15.2. The highest BCUT2D eigenvalue weighted by molar-refractivity contribution is 5.84. The third-order valence-electron chi connectivity index (χ3n) is 4.33. The predicted molar refractivity (Wildman–Crippen MR) is 101 cm³/mol. The predicted octanol–water partition coefficient (Wildman–Crippen LogP) is 5.33. The van der Waals surface area contributed by atoms with Gasteiger partial charge in [-0.15, -0.1) is 0 Å². The van der Waals surface area contributed by atoms with Crippen molar-refractivity contribution in [2.45, 2.75) is 46.1 Å². The molecule has 0 heterocycles. The van der Waals surface area contributed by atoms with Gasteiger partial charge in [-0.2, -0.15) is 0 Å². The van der Waals surface area contributed by atoms with Gasteiger partial charge in [0.15, 0.2) is 0 Å². The Bertz CT molecular complexity index is 619. The molecule has 0 aliphatic rings. The molecule has 2 unspecified atom stereocenters. The van der Waals surface area contributed by atoms with Gasteiger partial charge in [-0.1, -0.05) is 88.4 Å². The molecule has 2 aromatic carbocycles. The molecule has 0 aliphatic carbocycles. The topological polar surface area (TPSA) is 29.1 Å². The number of benzene rings is 2. The molecule has 0 fully saturated rings. The summed E-state index contributed by atoms with van der Waals surface area (Å²) in [5, 5.41) is 3.31. The van der Waals surface area contributed by atoms with E-state index in [0.717, 1.165) is 12.0 Å². The van der Waals surface area contributed by atoms with E-state index in [1.807, 2.05) is 48.5 Å². The standard InChI is InChI=1S/C22H29NO/c1-16(2)15-20(18-11-7-5-8-12-18)23-22(24)21(17(3)4)19-13-9-6-10-14-19/h5-14,16-17,20-21H,15H2,1-4H3,(H,23,24). The van der Waals surface area contributed by atoms with Gasteiger partial charge in [0, 0.05) is 0 Å². The van der Waals surface area contributed by atoms with Crippen molar-refractivity contribution in [3.63, 3.8) is 0 Å². The van der Waals surface area contributed by atoms with E-state index in [1.165, 1.54) is 5.56 Å². The van der Waals surface area contributed by atoms with Crippen molar-refractivity contribution in [2.24, 2.45) is 11.8 Å². The van der Waals surface area contributed by atoms with Gasteiger partial charge in [0.25, 0.3) is 0 Å². The molecule has 0 aromatic heterocycles. The number of rotatable bonds is 7. The van der Waals surface area contributed by atoms with Crippen molar-refractivity contribution in [3.05, 3.63) is 71.8 Å². The third-order valence-corrected chi connectivity index (χ3v) is 4.33. The SMILES string of the molecule is CC(C)CC(NC(=O)C(c1ccccc1)C(C)C)c1ccccc1. The van der Waals surface area contributed by atoms with Crippen LogP contribution in [0.2, 0.25) is 0 Å². The van der Waals surface area contributed by atoms with E-state index in [4.69, 9.17) is 0 Å². The Morgan fingerprint density at radius 2 is 1.33 bits per heavy atom. The van der Waals surface area contributed by atoms with Crippen LogP contribution in [0.15, 0.2) is 60.7 Å². The molecule has 2 rings (SSSR count). The first-order valence-electron chi connectivity index (χ1n) is 8.89. The summed E-state index contributed by atoms with van der Waals surface area (Å²) in [5.41, 5.74) is 2.26. The number of carbonyl (C=O) groups is 1. The summed E-state index contributed by atoms with van der Waals surface area (Å²) in [6.45, 7) is 8.60. The lowest BCUT2D eigenvalue weighted by Gasteiger charge is -2.26.